The number of piperidine rings is 1. The monoisotopic (exact) mass is 195 g/mol. The van der Waals surface area contributed by atoms with Gasteiger partial charge >= 0.3 is 0 Å². The molecular weight excluding hydrogens is 178 g/mol. The van der Waals surface area contributed by atoms with Crippen molar-refractivity contribution in [1.82, 2.24) is 25.5 Å². The Morgan fingerprint density at radius 2 is 2.43 bits per heavy atom. The third-order valence-electron chi connectivity index (χ3n) is 2.75. The average molecular weight is 195 g/mol. The van der Waals surface area contributed by atoms with E-state index in [1.165, 1.54) is 19.3 Å². The van der Waals surface area contributed by atoms with E-state index in [2.05, 4.69) is 27.8 Å². The molecule has 2 heterocycles. The van der Waals surface area contributed by atoms with Crippen LogP contribution in [0.5, 0.6) is 0 Å². The highest BCUT2D eigenvalue weighted by Gasteiger charge is 2.16. The van der Waals surface area contributed by atoms with Crippen molar-refractivity contribution in [2.24, 2.45) is 0 Å². The van der Waals surface area contributed by atoms with E-state index in [1.807, 2.05) is 4.68 Å². The summed E-state index contributed by atoms with van der Waals surface area (Å²) in [5.41, 5.74) is 0. The molecule has 1 N–H and O–H groups in total. The van der Waals surface area contributed by atoms with Gasteiger partial charge in [0.05, 0.1) is 0 Å². The predicted molar refractivity (Wildman–Crippen MR) is 52.8 cm³/mol. The zero-order chi connectivity index (χ0) is 9.80. The number of nitrogens with zero attached hydrogens (tertiary/aromatic N) is 4. The summed E-state index contributed by atoms with van der Waals surface area (Å²) in [6, 6.07) is 0.569. The molecule has 5 nitrogen and oxygen atoms in total. The largest absolute Gasteiger partial charge is 0.314 e. The predicted octanol–water partition coefficient (Wildman–Crippen LogP) is 0.378. The van der Waals surface area contributed by atoms with Crippen molar-refractivity contribution in [3.8, 4) is 0 Å². The van der Waals surface area contributed by atoms with Gasteiger partial charge in [0.2, 0.25) is 0 Å². The first-order valence-corrected chi connectivity index (χ1v) is 5.38. The molecule has 0 bridgehead atoms. The van der Waals surface area contributed by atoms with Crippen LogP contribution in [-0.4, -0.2) is 32.8 Å². The van der Waals surface area contributed by atoms with Gasteiger partial charge in [-0.05, 0) is 36.7 Å². The van der Waals surface area contributed by atoms with E-state index >= 15 is 0 Å². The fourth-order valence-electron chi connectivity index (χ4n) is 1.93. The molecule has 1 unspecified atom stereocenters. The van der Waals surface area contributed by atoms with Crippen LogP contribution < -0.4 is 5.32 Å². The molecule has 1 aromatic heterocycles. The van der Waals surface area contributed by atoms with E-state index < -0.39 is 0 Å². The maximum absolute atomic E-state index is 4.04. The zero-order valence-electron chi connectivity index (χ0n) is 8.61. The summed E-state index contributed by atoms with van der Waals surface area (Å²) < 4.78 is 1.87. The van der Waals surface area contributed by atoms with E-state index in [1.54, 1.807) is 0 Å². The molecule has 1 aliphatic heterocycles. The quantitative estimate of drug-likeness (QED) is 0.757. The van der Waals surface area contributed by atoms with Crippen molar-refractivity contribution in [2.45, 2.75) is 45.2 Å². The van der Waals surface area contributed by atoms with Crippen molar-refractivity contribution in [1.29, 1.82) is 0 Å². The summed E-state index contributed by atoms with van der Waals surface area (Å²) in [6.45, 7) is 4.06. The third kappa shape index (κ3) is 2.09. The lowest BCUT2D eigenvalue weighted by Crippen LogP contribution is -2.36. The number of aryl methyl sites for hydroxylation is 1. The van der Waals surface area contributed by atoms with Crippen molar-refractivity contribution in [3.63, 3.8) is 0 Å². The Labute approximate surface area is 83.9 Å². The van der Waals surface area contributed by atoms with Gasteiger partial charge in [-0.2, -0.15) is 0 Å². The van der Waals surface area contributed by atoms with E-state index in [-0.39, 0.29) is 0 Å². The van der Waals surface area contributed by atoms with Crippen molar-refractivity contribution >= 4 is 0 Å². The molecule has 5 heteroatoms. The second kappa shape index (κ2) is 4.50. The Kier molecular flexibility index (Phi) is 3.08. The van der Waals surface area contributed by atoms with Crippen LogP contribution in [-0.2, 0) is 13.0 Å². The minimum atomic E-state index is 0.569. The number of hydrogen-bond acceptors (Lipinski definition) is 4. The van der Waals surface area contributed by atoms with Crippen LogP contribution in [0.3, 0.4) is 0 Å². The molecule has 0 amide bonds. The molecule has 1 fully saturated rings. The van der Waals surface area contributed by atoms with Crippen molar-refractivity contribution < 1.29 is 0 Å². The van der Waals surface area contributed by atoms with E-state index in [4.69, 9.17) is 0 Å². The lowest BCUT2D eigenvalue weighted by molar-refractivity contribution is 0.388. The topological polar surface area (TPSA) is 55.6 Å². The van der Waals surface area contributed by atoms with E-state index in [0.29, 0.717) is 6.04 Å². The van der Waals surface area contributed by atoms with Crippen LogP contribution in [0.1, 0.15) is 32.0 Å². The van der Waals surface area contributed by atoms with Crippen LogP contribution >= 0.6 is 0 Å². The molecule has 1 saturated heterocycles. The summed E-state index contributed by atoms with van der Waals surface area (Å²) >= 11 is 0. The van der Waals surface area contributed by atoms with Gasteiger partial charge in [-0.25, -0.2) is 4.68 Å². The van der Waals surface area contributed by atoms with Gasteiger partial charge in [0.25, 0.3) is 0 Å². The minimum absolute atomic E-state index is 0.569. The molecule has 0 aromatic carbocycles. The summed E-state index contributed by atoms with van der Waals surface area (Å²) in [5, 5.41) is 15.2. The lowest BCUT2D eigenvalue weighted by atomic mass is 10.0. The highest BCUT2D eigenvalue weighted by atomic mass is 15.5. The first-order chi connectivity index (χ1) is 6.90. The van der Waals surface area contributed by atoms with Crippen LogP contribution in [0.4, 0.5) is 0 Å². The summed E-state index contributed by atoms with van der Waals surface area (Å²) in [5.74, 6) is 1.01. The molecule has 78 valence electrons. The molecule has 1 aromatic rings. The summed E-state index contributed by atoms with van der Waals surface area (Å²) in [4.78, 5) is 0. The highest BCUT2D eigenvalue weighted by molar-refractivity contribution is 4.88. The Morgan fingerprint density at radius 3 is 3.14 bits per heavy atom. The van der Waals surface area contributed by atoms with Gasteiger partial charge < -0.3 is 5.32 Å². The molecular formula is C9H17N5. The molecule has 0 radical (unpaired) electrons. The molecule has 0 spiro atoms. The van der Waals surface area contributed by atoms with Crippen LogP contribution in [0.15, 0.2) is 0 Å². The van der Waals surface area contributed by atoms with Crippen LogP contribution in [0.25, 0.3) is 0 Å². The fourth-order valence-corrected chi connectivity index (χ4v) is 1.93. The number of rotatable bonds is 3. The van der Waals surface area contributed by atoms with Gasteiger partial charge in [-0.15, -0.1) is 5.10 Å². The average Bonchev–Trinajstić information content (AvgIpc) is 2.67. The summed E-state index contributed by atoms with van der Waals surface area (Å²) in [7, 11) is 0. The molecule has 1 aliphatic rings. The van der Waals surface area contributed by atoms with Crippen LogP contribution in [0, 0.1) is 0 Å². The zero-order valence-corrected chi connectivity index (χ0v) is 8.61. The Balaban J connectivity index is 1.95. The van der Waals surface area contributed by atoms with Crippen LogP contribution in [0.2, 0.25) is 0 Å². The standard InChI is InChI=1S/C9H17N5/c1-2-14-9(11-12-13-14)7-8-5-3-4-6-10-8/h8,10H,2-7H2,1H3. The minimum Gasteiger partial charge on any atom is -0.314 e. The SMILES string of the molecule is CCn1nnnc1CC1CCCCN1. The highest BCUT2D eigenvalue weighted by Crippen LogP contribution is 2.10. The molecule has 1 atom stereocenters. The maximum Gasteiger partial charge on any atom is 0.152 e. The molecule has 2 rings (SSSR count). The van der Waals surface area contributed by atoms with Gasteiger partial charge in [-0.1, -0.05) is 6.42 Å². The Hall–Kier alpha value is -0.970. The third-order valence-corrected chi connectivity index (χ3v) is 2.75. The first kappa shape index (κ1) is 9.58. The number of nitrogens with one attached hydrogen (secondary N) is 1. The van der Waals surface area contributed by atoms with Crippen molar-refractivity contribution in [2.75, 3.05) is 6.54 Å². The molecule has 14 heavy (non-hydrogen) atoms. The Bertz CT molecular complexity index is 276. The Morgan fingerprint density at radius 1 is 1.50 bits per heavy atom. The van der Waals surface area contributed by atoms with Gasteiger partial charge in [0.1, 0.15) is 0 Å². The molecule has 0 saturated carbocycles. The fraction of sp³-hybridized carbons (Fsp3) is 0.889. The second-order valence-electron chi connectivity index (χ2n) is 3.76. The van der Waals surface area contributed by atoms with Gasteiger partial charge in [0.15, 0.2) is 5.82 Å². The number of aromatic nitrogens is 4. The first-order valence-electron chi connectivity index (χ1n) is 5.38. The van der Waals surface area contributed by atoms with Gasteiger partial charge in [0, 0.05) is 19.0 Å². The van der Waals surface area contributed by atoms with Gasteiger partial charge in [-0.3, -0.25) is 0 Å². The van der Waals surface area contributed by atoms with Crippen molar-refractivity contribution in [3.05, 3.63) is 5.82 Å². The number of hydrogen-bond donors (Lipinski definition) is 1. The van der Waals surface area contributed by atoms with E-state index in [9.17, 15) is 0 Å². The summed E-state index contributed by atoms with van der Waals surface area (Å²) in [6.07, 6.45) is 4.83. The smallest absolute Gasteiger partial charge is 0.152 e. The normalized spacial score (nSPS) is 22.5. The van der Waals surface area contributed by atoms with E-state index in [0.717, 1.165) is 25.3 Å². The number of tetrazole rings is 1. The molecule has 0 aliphatic carbocycles. The second-order valence-corrected chi connectivity index (χ2v) is 3.76. The lowest BCUT2D eigenvalue weighted by Gasteiger charge is -2.22. The maximum atomic E-state index is 4.04.